The predicted molar refractivity (Wildman–Crippen MR) is 100 cm³/mol. The number of fused-ring (bicyclic) bond motifs is 3. The van der Waals surface area contributed by atoms with E-state index < -0.39 is 0 Å². The number of benzene rings is 2. The number of pyridine rings is 1. The lowest BCUT2D eigenvalue weighted by Crippen LogP contribution is -2.18. The van der Waals surface area contributed by atoms with Gasteiger partial charge in [-0.2, -0.15) is 0 Å². The number of halogens is 1. The van der Waals surface area contributed by atoms with E-state index in [2.05, 4.69) is 15.6 Å². The van der Waals surface area contributed by atoms with Gasteiger partial charge in [-0.15, -0.1) is 11.3 Å². The van der Waals surface area contributed by atoms with E-state index in [1.807, 2.05) is 23.6 Å². The van der Waals surface area contributed by atoms with Crippen LogP contribution in [-0.4, -0.2) is 17.9 Å². The summed E-state index contributed by atoms with van der Waals surface area (Å²) in [6, 6.07) is 14.0. The molecule has 0 spiro atoms. The fourth-order valence-corrected chi connectivity index (χ4v) is 3.69. The number of hydrogen-bond donors (Lipinski definition) is 2. The van der Waals surface area contributed by atoms with E-state index in [0.29, 0.717) is 22.6 Å². The second-order valence-corrected chi connectivity index (χ2v) is 6.43. The van der Waals surface area contributed by atoms with Gasteiger partial charge in [-0.25, -0.2) is 9.37 Å². The van der Waals surface area contributed by atoms with Crippen LogP contribution in [-0.2, 0) is 0 Å². The highest BCUT2D eigenvalue weighted by molar-refractivity contribution is 7.18. The summed E-state index contributed by atoms with van der Waals surface area (Å²) in [4.78, 5) is 16.8. The van der Waals surface area contributed by atoms with E-state index in [1.54, 1.807) is 31.3 Å². The average Bonchev–Trinajstić information content (AvgIpc) is 3.13. The molecule has 2 aromatic heterocycles. The van der Waals surface area contributed by atoms with E-state index in [4.69, 9.17) is 0 Å². The third-order valence-corrected chi connectivity index (χ3v) is 4.95. The SMILES string of the molecule is CNC(=O)c1cccc2c1nc(Nc1ccccc1F)c1sccc12. The summed E-state index contributed by atoms with van der Waals surface area (Å²) in [5.41, 5.74) is 1.43. The van der Waals surface area contributed by atoms with Gasteiger partial charge < -0.3 is 10.6 Å². The number of hydrogen-bond acceptors (Lipinski definition) is 4. The molecule has 4 rings (SSSR count). The van der Waals surface area contributed by atoms with Crippen LogP contribution in [0.25, 0.3) is 21.0 Å². The zero-order valence-corrected chi connectivity index (χ0v) is 14.2. The van der Waals surface area contributed by atoms with Gasteiger partial charge in [-0.3, -0.25) is 4.79 Å². The van der Waals surface area contributed by atoms with Gasteiger partial charge in [0.2, 0.25) is 0 Å². The van der Waals surface area contributed by atoms with Crippen molar-refractivity contribution in [2.45, 2.75) is 0 Å². The highest BCUT2D eigenvalue weighted by Crippen LogP contribution is 2.36. The van der Waals surface area contributed by atoms with Gasteiger partial charge in [0, 0.05) is 17.8 Å². The minimum absolute atomic E-state index is 0.204. The minimum Gasteiger partial charge on any atom is -0.355 e. The highest BCUT2D eigenvalue weighted by atomic mass is 32.1. The van der Waals surface area contributed by atoms with E-state index in [0.717, 1.165) is 15.5 Å². The number of para-hydroxylation sites is 2. The average molecular weight is 351 g/mol. The van der Waals surface area contributed by atoms with Crippen LogP contribution < -0.4 is 10.6 Å². The first kappa shape index (κ1) is 15.5. The third-order valence-electron chi connectivity index (χ3n) is 4.03. The van der Waals surface area contributed by atoms with E-state index in [1.165, 1.54) is 17.4 Å². The molecular weight excluding hydrogens is 337 g/mol. The monoisotopic (exact) mass is 351 g/mol. The van der Waals surface area contributed by atoms with Crippen molar-refractivity contribution in [2.24, 2.45) is 0 Å². The molecule has 0 saturated carbocycles. The normalized spacial score (nSPS) is 11.0. The van der Waals surface area contributed by atoms with Crippen molar-refractivity contribution < 1.29 is 9.18 Å². The fraction of sp³-hybridized carbons (Fsp3) is 0.0526. The minimum atomic E-state index is -0.353. The molecule has 2 aromatic carbocycles. The number of rotatable bonds is 3. The first-order chi connectivity index (χ1) is 12.2. The number of carbonyl (C=O) groups excluding carboxylic acids is 1. The Morgan fingerprint density at radius 3 is 2.72 bits per heavy atom. The maximum atomic E-state index is 14.0. The number of anilines is 2. The Labute approximate surface area is 147 Å². The number of thiophene rings is 1. The lowest BCUT2D eigenvalue weighted by molar-refractivity contribution is 0.0964. The van der Waals surface area contributed by atoms with Crippen LogP contribution in [0.1, 0.15) is 10.4 Å². The summed E-state index contributed by atoms with van der Waals surface area (Å²) in [7, 11) is 1.59. The Balaban J connectivity index is 1.98. The summed E-state index contributed by atoms with van der Waals surface area (Å²) in [5, 5.41) is 9.56. The van der Waals surface area contributed by atoms with E-state index in [-0.39, 0.29) is 11.7 Å². The van der Waals surface area contributed by atoms with Gasteiger partial charge in [-0.1, -0.05) is 24.3 Å². The van der Waals surface area contributed by atoms with Crippen LogP contribution in [0.3, 0.4) is 0 Å². The van der Waals surface area contributed by atoms with Crippen molar-refractivity contribution in [3.8, 4) is 0 Å². The third kappa shape index (κ3) is 2.60. The topological polar surface area (TPSA) is 54.0 Å². The van der Waals surface area contributed by atoms with Gasteiger partial charge in [0.15, 0.2) is 0 Å². The smallest absolute Gasteiger partial charge is 0.253 e. The quantitative estimate of drug-likeness (QED) is 0.563. The maximum absolute atomic E-state index is 14.0. The Kier molecular flexibility index (Phi) is 3.82. The molecular formula is C19H14FN3OS. The molecule has 1 amide bonds. The molecule has 0 bridgehead atoms. The van der Waals surface area contributed by atoms with Crippen molar-refractivity contribution in [2.75, 3.05) is 12.4 Å². The molecule has 124 valence electrons. The van der Waals surface area contributed by atoms with Gasteiger partial charge in [0.25, 0.3) is 5.91 Å². The fourth-order valence-electron chi connectivity index (χ4n) is 2.84. The van der Waals surface area contributed by atoms with E-state index >= 15 is 0 Å². The van der Waals surface area contributed by atoms with Gasteiger partial charge in [0.05, 0.1) is 21.5 Å². The molecule has 0 aliphatic rings. The molecule has 0 unspecified atom stereocenters. The molecule has 2 N–H and O–H groups in total. The predicted octanol–water partition coefficient (Wildman–Crippen LogP) is 4.69. The molecule has 4 nitrogen and oxygen atoms in total. The molecule has 25 heavy (non-hydrogen) atoms. The molecule has 0 aliphatic heterocycles. The van der Waals surface area contributed by atoms with Crippen molar-refractivity contribution in [3.63, 3.8) is 0 Å². The summed E-state index contributed by atoms with van der Waals surface area (Å²) in [5.74, 6) is -0.0165. The van der Waals surface area contributed by atoms with Crippen LogP contribution in [0.2, 0.25) is 0 Å². The maximum Gasteiger partial charge on any atom is 0.253 e. The molecule has 2 heterocycles. The Bertz CT molecular complexity index is 1110. The van der Waals surface area contributed by atoms with Crippen LogP contribution in [0.5, 0.6) is 0 Å². The zero-order chi connectivity index (χ0) is 17.4. The first-order valence-corrected chi connectivity index (χ1v) is 8.60. The first-order valence-electron chi connectivity index (χ1n) is 7.72. The molecule has 0 fully saturated rings. The Morgan fingerprint density at radius 1 is 1.08 bits per heavy atom. The number of amides is 1. The number of aromatic nitrogens is 1. The molecule has 4 aromatic rings. The van der Waals surface area contributed by atoms with Gasteiger partial charge in [-0.05, 0) is 29.6 Å². The Hall–Kier alpha value is -2.99. The van der Waals surface area contributed by atoms with Crippen molar-refractivity contribution >= 4 is 49.7 Å². The van der Waals surface area contributed by atoms with Crippen LogP contribution >= 0.6 is 11.3 Å². The molecule has 0 radical (unpaired) electrons. The second kappa shape index (κ2) is 6.14. The summed E-state index contributed by atoms with van der Waals surface area (Å²) >= 11 is 1.53. The van der Waals surface area contributed by atoms with Crippen molar-refractivity contribution in [3.05, 3.63) is 65.3 Å². The lowest BCUT2D eigenvalue weighted by Gasteiger charge is -2.11. The van der Waals surface area contributed by atoms with E-state index in [9.17, 15) is 9.18 Å². The standard InChI is InChI=1S/C19H14FN3OS/c1-21-19(24)13-6-4-5-11-12-9-10-25-17(12)18(23-16(11)13)22-15-8-3-2-7-14(15)20/h2-10H,1H3,(H,21,24)(H,22,23). The highest BCUT2D eigenvalue weighted by Gasteiger charge is 2.16. The summed E-state index contributed by atoms with van der Waals surface area (Å²) in [6.45, 7) is 0. The summed E-state index contributed by atoms with van der Waals surface area (Å²) < 4.78 is 14.9. The summed E-state index contributed by atoms with van der Waals surface area (Å²) in [6.07, 6.45) is 0. The second-order valence-electron chi connectivity index (χ2n) is 5.51. The van der Waals surface area contributed by atoms with Crippen molar-refractivity contribution in [1.82, 2.24) is 10.3 Å². The number of carbonyl (C=O) groups is 1. The zero-order valence-electron chi connectivity index (χ0n) is 13.3. The van der Waals surface area contributed by atoms with Crippen molar-refractivity contribution in [1.29, 1.82) is 0 Å². The molecule has 6 heteroatoms. The largest absolute Gasteiger partial charge is 0.355 e. The number of nitrogens with one attached hydrogen (secondary N) is 2. The van der Waals surface area contributed by atoms with Gasteiger partial charge >= 0.3 is 0 Å². The van der Waals surface area contributed by atoms with Gasteiger partial charge in [0.1, 0.15) is 11.6 Å². The van der Waals surface area contributed by atoms with Crippen LogP contribution in [0.15, 0.2) is 53.9 Å². The molecule has 0 aliphatic carbocycles. The molecule has 0 saturated heterocycles. The van der Waals surface area contributed by atoms with Crippen LogP contribution in [0.4, 0.5) is 15.9 Å². The Morgan fingerprint density at radius 2 is 1.92 bits per heavy atom. The van der Waals surface area contributed by atoms with Crippen LogP contribution in [0, 0.1) is 5.82 Å². The molecule has 0 atom stereocenters. The number of nitrogens with zero attached hydrogens (tertiary/aromatic N) is 1. The lowest BCUT2D eigenvalue weighted by atomic mass is 10.1.